The quantitative estimate of drug-likeness (QED) is 0.672. The molecule has 8 heteroatoms. The molecule has 0 radical (unpaired) electrons. The first kappa shape index (κ1) is 20.5. The van der Waals surface area contributed by atoms with Crippen LogP contribution in [0.15, 0.2) is 40.3 Å². The summed E-state index contributed by atoms with van der Waals surface area (Å²) in [5.74, 6) is 0.426. The molecule has 4 nitrogen and oxygen atoms in total. The van der Waals surface area contributed by atoms with Gasteiger partial charge in [0.1, 0.15) is 5.84 Å². The fourth-order valence-electron chi connectivity index (χ4n) is 3.02. The number of nitrogens with zero attached hydrogens (tertiary/aromatic N) is 3. The summed E-state index contributed by atoms with van der Waals surface area (Å²) in [6.45, 7) is 1.48. The van der Waals surface area contributed by atoms with Crippen LogP contribution in [0.25, 0.3) is 6.08 Å². The Hall–Kier alpha value is -2.19. The smallest absolute Gasteiger partial charge is 0.316 e. The average Bonchev–Trinajstić information content (AvgIpc) is 3.07. The summed E-state index contributed by atoms with van der Waals surface area (Å²) in [5.41, 5.74) is 1.64. The molecule has 150 valence electrons. The minimum Gasteiger partial charge on any atom is -0.316 e. The molecule has 1 aliphatic rings. The van der Waals surface area contributed by atoms with Crippen LogP contribution in [0.1, 0.15) is 36.0 Å². The Morgan fingerprint density at radius 3 is 2.71 bits per heavy atom. The van der Waals surface area contributed by atoms with Crippen molar-refractivity contribution in [2.24, 2.45) is 4.99 Å². The van der Waals surface area contributed by atoms with Crippen LogP contribution < -0.4 is 5.32 Å². The number of hydrogen-bond acceptors (Lipinski definition) is 5. The summed E-state index contributed by atoms with van der Waals surface area (Å²) in [6.07, 6.45) is 2.19. The van der Waals surface area contributed by atoms with Gasteiger partial charge in [-0.25, -0.2) is 4.98 Å². The van der Waals surface area contributed by atoms with Crippen molar-refractivity contribution in [2.45, 2.75) is 25.4 Å². The average molecular weight is 408 g/mol. The lowest BCUT2D eigenvalue weighted by atomic mass is 9.99. The van der Waals surface area contributed by atoms with Gasteiger partial charge in [0.05, 0.1) is 12.1 Å². The molecule has 0 spiro atoms. The van der Waals surface area contributed by atoms with E-state index in [-0.39, 0.29) is 0 Å². The van der Waals surface area contributed by atoms with Gasteiger partial charge in [-0.15, -0.1) is 11.3 Å². The number of fused-ring (bicyclic) bond motifs is 1. The van der Waals surface area contributed by atoms with Crippen molar-refractivity contribution in [1.29, 1.82) is 0 Å². The zero-order valence-electron chi connectivity index (χ0n) is 15.9. The van der Waals surface area contributed by atoms with Crippen LogP contribution in [0.2, 0.25) is 0 Å². The molecule has 0 saturated carbocycles. The van der Waals surface area contributed by atoms with E-state index in [1.807, 2.05) is 20.2 Å². The Kier molecular flexibility index (Phi) is 6.51. The van der Waals surface area contributed by atoms with Crippen LogP contribution in [0.3, 0.4) is 0 Å². The van der Waals surface area contributed by atoms with Gasteiger partial charge >= 0.3 is 6.18 Å². The number of unbranched alkanes of at least 4 members (excludes halogenated alkanes) is 1. The van der Waals surface area contributed by atoms with Gasteiger partial charge in [0.25, 0.3) is 0 Å². The number of aromatic nitrogens is 1. The van der Waals surface area contributed by atoms with Crippen LogP contribution in [0.5, 0.6) is 0 Å². The van der Waals surface area contributed by atoms with Gasteiger partial charge in [-0.1, -0.05) is 12.1 Å². The zero-order valence-corrected chi connectivity index (χ0v) is 16.7. The first-order chi connectivity index (χ1) is 13.3. The number of rotatable bonds is 6. The SMILES string of the molecule is CN(C)CCCCC1=Cc2ccc(C(F)(F)F)cc2C(Nc2nccs2)=NC1. The van der Waals surface area contributed by atoms with Gasteiger partial charge in [-0.2, -0.15) is 13.2 Å². The lowest BCUT2D eigenvalue weighted by Gasteiger charge is -2.13. The van der Waals surface area contributed by atoms with E-state index in [1.54, 1.807) is 11.6 Å². The molecule has 1 aromatic heterocycles. The normalized spacial score (nSPS) is 14.4. The predicted molar refractivity (Wildman–Crippen MR) is 109 cm³/mol. The highest BCUT2D eigenvalue weighted by molar-refractivity contribution is 7.13. The molecule has 1 aromatic carbocycles. The minimum atomic E-state index is -4.40. The van der Waals surface area contributed by atoms with E-state index < -0.39 is 11.7 Å². The molecule has 1 N–H and O–H groups in total. The van der Waals surface area contributed by atoms with E-state index in [9.17, 15) is 13.2 Å². The van der Waals surface area contributed by atoms with Gasteiger partial charge < -0.3 is 10.2 Å². The van der Waals surface area contributed by atoms with Crippen molar-refractivity contribution in [2.75, 3.05) is 32.5 Å². The second-order valence-corrected chi connectivity index (χ2v) is 7.88. The summed E-state index contributed by atoms with van der Waals surface area (Å²) in [7, 11) is 4.08. The highest BCUT2D eigenvalue weighted by Crippen LogP contribution is 2.32. The largest absolute Gasteiger partial charge is 0.416 e. The third-order valence-electron chi connectivity index (χ3n) is 4.45. The molecule has 0 fully saturated rings. The Morgan fingerprint density at radius 1 is 1.21 bits per heavy atom. The van der Waals surface area contributed by atoms with Crippen molar-refractivity contribution in [3.8, 4) is 0 Å². The standard InChI is InChI=1S/C20H23F3N4S/c1-27(2)9-4-3-5-14-11-15-6-7-16(20(21,22)23)12-17(15)18(25-13-14)26-19-24-8-10-28-19/h6-8,10-12H,3-5,9,13H2,1-2H3,(H,24,25,26). The number of anilines is 1. The Balaban J connectivity index is 1.88. The molecular formula is C20H23F3N4S. The Labute approximate surface area is 166 Å². The third-order valence-corrected chi connectivity index (χ3v) is 5.14. The number of hydrogen-bond donors (Lipinski definition) is 1. The van der Waals surface area contributed by atoms with Gasteiger partial charge in [-0.3, -0.25) is 4.99 Å². The molecule has 1 aliphatic heterocycles. The van der Waals surface area contributed by atoms with Crippen molar-refractivity contribution in [3.63, 3.8) is 0 Å². The van der Waals surface area contributed by atoms with Crippen molar-refractivity contribution >= 4 is 28.4 Å². The van der Waals surface area contributed by atoms with Crippen LogP contribution >= 0.6 is 11.3 Å². The predicted octanol–water partition coefficient (Wildman–Crippen LogP) is 5.15. The van der Waals surface area contributed by atoms with Gasteiger partial charge in [0, 0.05) is 17.1 Å². The summed E-state index contributed by atoms with van der Waals surface area (Å²) in [4.78, 5) is 10.9. The first-order valence-electron chi connectivity index (χ1n) is 9.09. The lowest BCUT2D eigenvalue weighted by molar-refractivity contribution is -0.137. The molecule has 0 bridgehead atoms. The zero-order chi connectivity index (χ0) is 20.1. The molecule has 2 aromatic rings. The second-order valence-electron chi connectivity index (χ2n) is 6.99. The minimum absolute atomic E-state index is 0.426. The number of benzene rings is 1. The third kappa shape index (κ3) is 5.42. The maximum absolute atomic E-state index is 13.2. The lowest BCUT2D eigenvalue weighted by Crippen LogP contribution is -2.16. The molecule has 0 aliphatic carbocycles. The maximum Gasteiger partial charge on any atom is 0.416 e. The van der Waals surface area contributed by atoms with E-state index in [1.165, 1.54) is 23.5 Å². The summed E-state index contributed by atoms with van der Waals surface area (Å²) in [5, 5.41) is 5.50. The van der Waals surface area contributed by atoms with Gasteiger partial charge in [0.15, 0.2) is 5.13 Å². The van der Waals surface area contributed by atoms with E-state index in [0.29, 0.717) is 23.1 Å². The first-order valence-corrected chi connectivity index (χ1v) is 9.97. The molecule has 2 heterocycles. The number of amidine groups is 1. The monoisotopic (exact) mass is 408 g/mol. The topological polar surface area (TPSA) is 40.5 Å². The molecule has 28 heavy (non-hydrogen) atoms. The summed E-state index contributed by atoms with van der Waals surface area (Å²) in [6, 6.07) is 3.83. The molecule has 0 amide bonds. The van der Waals surface area contributed by atoms with E-state index >= 15 is 0 Å². The summed E-state index contributed by atoms with van der Waals surface area (Å²) >= 11 is 1.38. The Morgan fingerprint density at radius 2 is 2.04 bits per heavy atom. The summed E-state index contributed by atoms with van der Waals surface area (Å²) < 4.78 is 39.7. The van der Waals surface area contributed by atoms with Gasteiger partial charge in [-0.05, 0) is 63.2 Å². The van der Waals surface area contributed by atoms with Crippen LogP contribution in [0, 0.1) is 0 Å². The Bertz CT molecular complexity index is 855. The molecule has 0 atom stereocenters. The molecule has 0 saturated heterocycles. The molecular weight excluding hydrogens is 385 g/mol. The van der Waals surface area contributed by atoms with Crippen molar-refractivity contribution < 1.29 is 13.2 Å². The van der Waals surface area contributed by atoms with Gasteiger partial charge in [0.2, 0.25) is 0 Å². The van der Waals surface area contributed by atoms with Crippen molar-refractivity contribution in [3.05, 3.63) is 52.0 Å². The fraction of sp³-hybridized carbons (Fsp3) is 0.400. The number of halogens is 3. The highest BCUT2D eigenvalue weighted by Gasteiger charge is 2.31. The van der Waals surface area contributed by atoms with Crippen molar-refractivity contribution in [1.82, 2.24) is 9.88 Å². The molecule has 3 rings (SSSR count). The highest BCUT2D eigenvalue weighted by atomic mass is 32.1. The maximum atomic E-state index is 13.2. The van der Waals surface area contributed by atoms with E-state index in [4.69, 9.17) is 0 Å². The second kappa shape index (κ2) is 8.87. The van der Waals surface area contributed by atoms with Crippen LogP contribution in [-0.2, 0) is 6.18 Å². The van der Waals surface area contributed by atoms with E-state index in [0.717, 1.165) is 43.0 Å². The number of aliphatic imine (C=N–C) groups is 1. The number of alkyl halides is 3. The number of nitrogens with one attached hydrogen (secondary N) is 1. The number of thiazole rings is 1. The fourth-order valence-corrected chi connectivity index (χ4v) is 3.55. The van der Waals surface area contributed by atoms with Crippen LogP contribution in [0.4, 0.5) is 18.3 Å². The molecule has 0 unspecified atom stereocenters. The van der Waals surface area contributed by atoms with Crippen LogP contribution in [-0.4, -0.2) is 42.9 Å². The van der Waals surface area contributed by atoms with E-state index in [2.05, 4.69) is 20.2 Å².